The Balaban J connectivity index is 1.73. The second-order valence-electron chi connectivity index (χ2n) is 6.14. The first-order valence-corrected chi connectivity index (χ1v) is 9.16. The van der Waals surface area contributed by atoms with Crippen LogP contribution in [-0.4, -0.2) is 76.4 Å². The van der Waals surface area contributed by atoms with E-state index in [1.807, 2.05) is 0 Å². The molecule has 0 spiro atoms. The molecular weight excluding hydrogens is 336 g/mol. The van der Waals surface area contributed by atoms with Gasteiger partial charge < -0.3 is 29.4 Å². The minimum absolute atomic E-state index is 0.218. The van der Waals surface area contributed by atoms with E-state index in [1.54, 1.807) is 19.2 Å². The van der Waals surface area contributed by atoms with Crippen molar-refractivity contribution < 1.29 is 18.7 Å². The van der Waals surface area contributed by atoms with Crippen molar-refractivity contribution in [3.63, 3.8) is 0 Å². The first-order chi connectivity index (χ1) is 12.7. The van der Waals surface area contributed by atoms with Crippen LogP contribution in [0, 0.1) is 5.92 Å². The lowest BCUT2D eigenvalue weighted by molar-refractivity contribution is 0.0536. The number of rotatable bonds is 10. The molecule has 1 atom stereocenters. The van der Waals surface area contributed by atoms with Gasteiger partial charge >= 0.3 is 0 Å². The largest absolute Gasteiger partial charge is 0.459 e. The first-order valence-electron chi connectivity index (χ1n) is 9.16. The maximum atomic E-state index is 11.8. The molecule has 0 radical (unpaired) electrons. The van der Waals surface area contributed by atoms with Gasteiger partial charge in [-0.05, 0) is 25.5 Å². The van der Waals surface area contributed by atoms with E-state index in [0.29, 0.717) is 38.0 Å². The highest BCUT2D eigenvalue weighted by Gasteiger charge is 2.24. The number of guanidine groups is 1. The maximum absolute atomic E-state index is 11.8. The van der Waals surface area contributed by atoms with Gasteiger partial charge in [-0.3, -0.25) is 9.79 Å². The van der Waals surface area contributed by atoms with Gasteiger partial charge in [0.05, 0.1) is 32.6 Å². The third kappa shape index (κ3) is 6.68. The van der Waals surface area contributed by atoms with Crippen LogP contribution >= 0.6 is 0 Å². The molecule has 0 bridgehead atoms. The average Bonchev–Trinajstić information content (AvgIpc) is 3.33. The number of furan rings is 1. The summed E-state index contributed by atoms with van der Waals surface area (Å²) in [6.45, 7) is 7.74. The predicted octanol–water partition coefficient (Wildman–Crippen LogP) is 0.960. The van der Waals surface area contributed by atoms with Crippen molar-refractivity contribution in [3.8, 4) is 0 Å². The molecule has 2 rings (SSSR count). The van der Waals surface area contributed by atoms with E-state index in [2.05, 4.69) is 27.4 Å². The van der Waals surface area contributed by atoms with Crippen LogP contribution in [0.25, 0.3) is 0 Å². The van der Waals surface area contributed by atoms with E-state index in [1.165, 1.54) is 6.26 Å². The Morgan fingerprint density at radius 3 is 3.04 bits per heavy atom. The number of methoxy groups -OCH3 is 1. The van der Waals surface area contributed by atoms with Gasteiger partial charge in [0.2, 0.25) is 0 Å². The van der Waals surface area contributed by atoms with Crippen molar-refractivity contribution in [1.29, 1.82) is 0 Å². The zero-order valence-electron chi connectivity index (χ0n) is 15.7. The lowest BCUT2D eigenvalue weighted by Gasteiger charge is -2.21. The molecule has 1 aliphatic rings. The Morgan fingerprint density at radius 2 is 2.31 bits per heavy atom. The minimum atomic E-state index is -0.218. The zero-order chi connectivity index (χ0) is 18.6. The molecule has 1 aliphatic heterocycles. The van der Waals surface area contributed by atoms with Gasteiger partial charge in [0, 0.05) is 39.2 Å². The molecule has 2 heterocycles. The number of hydrogen-bond donors (Lipinski definition) is 2. The number of ether oxygens (including phenoxy) is 2. The number of nitrogens with zero attached hydrogens (tertiary/aromatic N) is 2. The molecule has 1 amide bonds. The van der Waals surface area contributed by atoms with Crippen LogP contribution in [0.4, 0.5) is 0 Å². The second-order valence-corrected chi connectivity index (χ2v) is 6.14. The fourth-order valence-electron chi connectivity index (χ4n) is 2.81. The van der Waals surface area contributed by atoms with Crippen LogP contribution in [0.2, 0.25) is 0 Å². The number of nitrogens with one attached hydrogen (secondary N) is 2. The van der Waals surface area contributed by atoms with E-state index in [9.17, 15) is 4.79 Å². The molecule has 1 fully saturated rings. The number of hydrogen-bond acceptors (Lipinski definition) is 5. The molecule has 1 saturated heterocycles. The highest BCUT2D eigenvalue weighted by molar-refractivity contribution is 5.91. The molecule has 1 aromatic rings. The molecule has 0 saturated carbocycles. The Bertz CT molecular complexity index is 547. The van der Waals surface area contributed by atoms with E-state index in [0.717, 1.165) is 38.6 Å². The summed E-state index contributed by atoms with van der Waals surface area (Å²) in [5.74, 6) is 1.50. The van der Waals surface area contributed by atoms with Crippen molar-refractivity contribution in [1.82, 2.24) is 15.5 Å². The van der Waals surface area contributed by atoms with Crippen LogP contribution in [0.5, 0.6) is 0 Å². The number of carbonyl (C=O) groups excluding carboxylic acids is 1. The van der Waals surface area contributed by atoms with Gasteiger partial charge in [0.15, 0.2) is 11.7 Å². The number of likely N-dealkylation sites (tertiary alicyclic amines) is 1. The number of amides is 1. The second kappa shape index (κ2) is 11.5. The van der Waals surface area contributed by atoms with Crippen LogP contribution in [0.1, 0.15) is 23.9 Å². The third-order valence-electron chi connectivity index (χ3n) is 4.11. The molecule has 2 N–H and O–H groups in total. The molecular formula is C18H30N4O4. The van der Waals surface area contributed by atoms with Gasteiger partial charge in [0.25, 0.3) is 5.91 Å². The van der Waals surface area contributed by atoms with Crippen molar-refractivity contribution in [2.45, 2.75) is 13.3 Å². The Kier molecular flexibility index (Phi) is 8.99. The predicted molar refractivity (Wildman–Crippen MR) is 99.4 cm³/mol. The highest BCUT2D eigenvalue weighted by atomic mass is 16.5. The number of carbonyl (C=O) groups is 1. The van der Waals surface area contributed by atoms with Gasteiger partial charge in [-0.1, -0.05) is 0 Å². The summed E-state index contributed by atoms with van der Waals surface area (Å²) in [4.78, 5) is 18.7. The van der Waals surface area contributed by atoms with E-state index >= 15 is 0 Å². The summed E-state index contributed by atoms with van der Waals surface area (Å²) in [5.41, 5.74) is 0. The van der Waals surface area contributed by atoms with E-state index in [4.69, 9.17) is 13.9 Å². The van der Waals surface area contributed by atoms with Crippen LogP contribution in [0.3, 0.4) is 0 Å². The lowest BCUT2D eigenvalue weighted by atomic mass is 10.1. The van der Waals surface area contributed by atoms with Gasteiger partial charge in [0.1, 0.15) is 0 Å². The first kappa shape index (κ1) is 20.3. The van der Waals surface area contributed by atoms with Crippen LogP contribution in [0.15, 0.2) is 27.8 Å². The summed E-state index contributed by atoms with van der Waals surface area (Å²) in [7, 11) is 1.68. The highest BCUT2D eigenvalue weighted by Crippen LogP contribution is 2.16. The summed E-state index contributed by atoms with van der Waals surface area (Å²) in [6.07, 6.45) is 2.58. The molecule has 1 unspecified atom stereocenters. The van der Waals surface area contributed by atoms with Crippen LogP contribution < -0.4 is 10.6 Å². The smallest absolute Gasteiger partial charge is 0.287 e. The van der Waals surface area contributed by atoms with Crippen molar-refractivity contribution >= 4 is 11.9 Å². The van der Waals surface area contributed by atoms with Crippen molar-refractivity contribution in [3.05, 3.63) is 24.2 Å². The van der Waals surface area contributed by atoms with E-state index < -0.39 is 0 Å². The molecule has 26 heavy (non-hydrogen) atoms. The zero-order valence-corrected chi connectivity index (χ0v) is 15.7. The van der Waals surface area contributed by atoms with Gasteiger partial charge in [-0.25, -0.2) is 0 Å². The Labute approximate surface area is 154 Å². The summed E-state index contributed by atoms with van der Waals surface area (Å²) in [5, 5.41) is 6.12. The fourth-order valence-corrected chi connectivity index (χ4v) is 2.81. The molecule has 8 nitrogen and oxygen atoms in total. The van der Waals surface area contributed by atoms with Crippen molar-refractivity contribution in [2.24, 2.45) is 10.9 Å². The lowest BCUT2D eigenvalue weighted by Crippen LogP contribution is -2.41. The minimum Gasteiger partial charge on any atom is -0.459 e. The molecule has 1 aromatic heterocycles. The molecule has 8 heteroatoms. The third-order valence-corrected chi connectivity index (χ3v) is 4.11. The maximum Gasteiger partial charge on any atom is 0.287 e. The van der Waals surface area contributed by atoms with Gasteiger partial charge in [-0.2, -0.15) is 0 Å². The molecule has 146 valence electrons. The van der Waals surface area contributed by atoms with Crippen molar-refractivity contribution in [2.75, 3.05) is 59.7 Å². The fraction of sp³-hybridized carbons (Fsp3) is 0.667. The van der Waals surface area contributed by atoms with E-state index in [-0.39, 0.29) is 5.91 Å². The summed E-state index contributed by atoms with van der Waals surface area (Å²) >= 11 is 0. The topological polar surface area (TPSA) is 88.3 Å². The molecule has 0 aromatic carbocycles. The quantitative estimate of drug-likeness (QED) is 0.364. The Hall–Kier alpha value is -2.06. The monoisotopic (exact) mass is 366 g/mol. The van der Waals surface area contributed by atoms with Gasteiger partial charge in [-0.15, -0.1) is 0 Å². The normalized spacial score (nSPS) is 17.5. The summed E-state index contributed by atoms with van der Waals surface area (Å²) in [6, 6.07) is 3.33. The molecule has 0 aliphatic carbocycles. The average molecular weight is 366 g/mol. The SMILES string of the molecule is CCNC(=NCCNC(=O)c1ccco1)N1CCC(COCCOC)C1. The standard InChI is InChI=1S/C18H30N4O4/c1-3-19-18(21-8-7-20-17(23)16-5-4-10-26-16)22-9-6-15(13-22)14-25-12-11-24-2/h4-5,10,15H,3,6-9,11-14H2,1-2H3,(H,19,21)(H,20,23). The number of aliphatic imine (C=N–C) groups is 1. The summed E-state index contributed by atoms with van der Waals surface area (Å²) < 4.78 is 15.7. The van der Waals surface area contributed by atoms with Crippen LogP contribution in [-0.2, 0) is 9.47 Å². The Morgan fingerprint density at radius 1 is 1.42 bits per heavy atom.